The molecule has 0 N–H and O–H groups in total. The molecule has 1 saturated heterocycles. The molecule has 3 nitrogen and oxygen atoms in total. The number of Topliss-reactive ketones (excluding diaryl/α,β-unsaturated/α-hetero) is 1. The van der Waals surface area contributed by atoms with Crippen molar-refractivity contribution in [3.05, 3.63) is 0 Å². The van der Waals surface area contributed by atoms with Crippen LogP contribution in [0.5, 0.6) is 0 Å². The van der Waals surface area contributed by atoms with Gasteiger partial charge in [-0.3, -0.25) is 4.79 Å². The van der Waals surface area contributed by atoms with E-state index < -0.39 is 5.60 Å². The zero-order valence-corrected chi connectivity index (χ0v) is 12.5. The highest BCUT2D eigenvalue weighted by Crippen LogP contribution is 2.37. The first-order valence-electron chi connectivity index (χ1n) is 7.91. The zero-order valence-electron chi connectivity index (χ0n) is 12.5. The number of carbonyl (C=O) groups excluding carboxylic acids is 1. The molecule has 0 bridgehead atoms. The van der Waals surface area contributed by atoms with Gasteiger partial charge in [0.2, 0.25) is 0 Å². The van der Waals surface area contributed by atoms with Gasteiger partial charge in [-0.2, -0.15) is 0 Å². The van der Waals surface area contributed by atoms with Gasteiger partial charge in [-0.25, -0.2) is 0 Å². The summed E-state index contributed by atoms with van der Waals surface area (Å²) in [5, 5.41) is 0. The highest BCUT2D eigenvalue weighted by atomic mass is 16.5. The molecule has 0 aromatic heterocycles. The van der Waals surface area contributed by atoms with Crippen molar-refractivity contribution in [2.24, 2.45) is 11.8 Å². The number of hydrogen-bond acceptors (Lipinski definition) is 3. The van der Waals surface area contributed by atoms with Crippen LogP contribution in [0.1, 0.15) is 58.8 Å². The second kappa shape index (κ2) is 6.85. The molecule has 0 spiro atoms. The Bertz CT molecular complexity index is 286. The molecule has 0 amide bonds. The van der Waals surface area contributed by atoms with E-state index in [9.17, 15) is 4.79 Å². The van der Waals surface area contributed by atoms with Gasteiger partial charge in [0, 0.05) is 26.2 Å². The van der Waals surface area contributed by atoms with Gasteiger partial charge in [0.05, 0.1) is 0 Å². The number of carbonyl (C=O) groups is 1. The van der Waals surface area contributed by atoms with Gasteiger partial charge < -0.3 is 9.47 Å². The van der Waals surface area contributed by atoms with E-state index in [1.807, 2.05) is 6.92 Å². The van der Waals surface area contributed by atoms with E-state index in [0.717, 1.165) is 57.7 Å². The summed E-state index contributed by atoms with van der Waals surface area (Å²) in [6.45, 7) is 6.56. The topological polar surface area (TPSA) is 35.5 Å². The second-order valence-electron chi connectivity index (χ2n) is 6.29. The van der Waals surface area contributed by atoms with Crippen LogP contribution >= 0.6 is 0 Å². The van der Waals surface area contributed by atoms with E-state index in [4.69, 9.17) is 9.47 Å². The Morgan fingerprint density at radius 3 is 2.42 bits per heavy atom. The van der Waals surface area contributed by atoms with Gasteiger partial charge in [0.25, 0.3) is 0 Å². The van der Waals surface area contributed by atoms with E-state index in [1.165, 1.54) is 0 Å². The minimum atomic E-state index is -0.459. The minimum absolute atomic E-state index is 0.355. The first-order valence-corrected chi connectivity index (χ1v) is 7.91. The van der Waals surface area contributed by atoms with Crippen LogP contribution < -0.4 is 0 Å². The molecule has 1 aliphatic heterocycles. The fourth-order valence-electron chi connectivity index (χ4n) is 3.41. The molecule has 2 fully saturated rings. The third kappa shape index (κ3) is 3.79. The maximum Gasteiger partial charge on any atom is 0.164 e. The Morgan fingerprint density at radius 2 is 1.84 bits per heavy atom. The normalized spacial score (nSPS) is 33.3. The minimum Gasteiger partial charge on any atom is -0.381 e. The predicted molar refractivity (Wildman–Crippen MR) is 75.2 cm³/mol. The van der Waals surface area contributed by atoms with E-state index >= 15 is 0 Å². The van der Waals surface area contributed by atoms with Crippen LogP contribution in [0.25, 0.3) is 0 Å². The third-order valence-electron chi connectivity index (χ3n) is 4.83. The summed E-state index contributed by atoms with van der Waals surface area (Å²) in [7, 11) is 0. The molecule has 0 aromatic rings. The standard InChI is InChI=1S/C16H28O3/c1-3-19-16(8-4-13(2)5-9-16)15(17)12-14-6-10-18-11-7-14/h13-14H,3-12H2,1-2H3. The van der Waals surface area contributed by atoms with Crippen molar-refractivity contribution >= 4 is 5.78 Å². The van der Waals surface area contributed by atoms with Gasteiger partial charge in [0.1, 0.15) is 5.60 Å². The van der Waals surface area contributed by atoms with E-state index in [0.29, 0.717) is 24.7 Å². The largest absolute Gasteiger partial charge is 0.381 e. The molecular formula is C16H28O3. The lowest BCUT2D eigenvalue weighted by atomic mass is 9.74. The Morgan fingerprint density at radius 1 is 1.21 bits per heavy atom. The van der Waals surface area contributed by atoms with Crippen molar-refractivity contribution < 1.29 is 14.3 Å². The maximum absolute atomic E-state index is 12.7. The Balaban J connectivity index is 1.95. The highest BCUT2D eigenvalue weighted by Gasteiger charge is 2.42. The number of ether oxygens (including phenoxy) is 2. The van der Waals surface area contributed by atoms with Gasteiger partial charge >= 0.3 is 0 Å². The second-order valence-corrected chi connectivity index (χ2v) is 6.29. The van der Waals surface area contributed by atoms with Crippen LogP contribution in [-0.2, 0) is 14.3 Å². The molecule has 19 heavy (non-hydrogen) atoms. The Hall–Kier alpha value is -0.410. The molecule has 0 aromatic carbocycles. The molecule has 0 atom stereocenters. The summed E-state index contributed by atoms with van der Waals surface area (Å²) in [6.07, 6.45) is 6.85. The highest BCUT2D eigenvalue weighted by molar-refractivity contribution is 5.87. The summed E-state index contributed by atoms with van der Waals surface area (Å²) >= 11 is 0. The Labute approximate surface area is 117 Å². The summed E-state index contributed by atoms with van der Waals surface area (Å²) < 4.78 is 11.3. The predicted octanol–water partition coefficient (Wildman–Crippen LogP) is 3.36. The van der Waals surface area contributed by atoms with Crippen LogP contribution in [0.2, 0.25) is 0 Å². The number of ketones is 1. The van der Waals surface area contributed by atoms with Crippen molar-refractivity contribution in [3.63, 3.8) is 0 Å². The molecule has 110 valence electrons. The molecule has 0 radical (unpaired) electrons. The lowest BCUT2D eigenvalue weighted by Gasteiger charge is -2.39. The summed E-state index contributed by atoms with van der Waals surface area (Å²) in [6, 6.07) is 0. The quantitative estimate of drug-likeness (QED) is 0.767. The van der Waals surface area contributed by atoms with E-state index in [2.05, 4.69) is 6.92 Å². The monoisotopic (exact) mass is 268 g/mol. The van der Waals surface area contributed by atoms with Crippen molar-refractivity contribution in [1.82, 2.24) is 0 Å². The van der Waals surface area contributed by atoms with Gasteiger partial charge in [-0.15, -0.1) is 0 Å². The average Bonchev–Trinajstić information content (AvgIpc) is 2.43. The number of rotatable bonds is 5. The molecule has 1 aliphatic carbocycles. The third-order valence-corrected chi connectivity index (χ3v) is 4.83. The van der Waals surface area contributed by atoms with Crippen LogP contribution in [-0.4, -0.2) is 31.2 Å². The van der Waals surface area contributed by atoms with E-state index in [-0.39, 0.29) is 0 Å². The fourth-order valence-corrected chi connectivity index (χ4v) is 3.41. The van der Waals surface area contributed by atoms with Crippen molar-refractivity contribution in [1.29, 1.82) is 0 Å². The lowest BCUT2D eigenvalue weighted by Crippen LogP contribution is -2.45. The van der Waals surface area contributed by atoms with Crippen molar-refractivity contribution in [3.8, 4) is 0 Å². The molecule has 1 heterocycles. The summed E-state index contributed by atoms with van der Waals surface area (Å²) in [5.41, 5.74) is -0.459. The van der Waals surface area contributed by atoms with Crippen LogP contribution in [0, 0.1) is 11.8 Å². The van der Waals surface area contributed by atoms with Crippen molar-refractivity contribution in [2.75, 3.05) is 19.8 Å². The van der Waals surface area contributed by atoms with Gasteiger partial charge in [0.15, 0.2) is 5.78 Å². The van der Waals surface area contributed by atoms with E-state index in [1.54, 1.807) is 0 Å². The number of hydrogen-bond donors (Lipinski definition) is 0. The van der Waals surface area contributed by atoms with Gasteiger partial charge in [-0.05, 0) is 57.3 Å². The molecular weight excluding hydrogens is 240 g/mol. The molecule has 0 unspecified atom stereocenters. The molecule has 2 aliphatic rings. The van der Waals surface area contributed by atoms with Gasteiger partial charge in [-0.1, -0.05) is 6.92 Å². The SMILES string of the molecule is CCOC1(C(=O)CC2CCOCC2)CCC(C)CC1. The fraction of sp³-hybridized carbons (Fsp3) is 0.938. The summed E-state index contributed by atoms with van der Waals surface area (Å²) in [4.78, 5) is 12.7. The van der Waals surface area contributed by atoms with Crippen LogP contribution in [0.15, 0.2) is 0 Å². The average molecular weight is 268 g/mol. The maximum atomic E-state index is 12.7. The Kier molecular flexibility index (Phi) is 5.40. The molecule has 2 rings (SSSR count). The lowest BCUT2D eigenvalue weighted by molar-refractivity contribution is -0.151. The smallest absolute Gasteiger partial charge is 0.164 e. The first kappa shape index (κ1) is 15.0. The van der Waals surface area contributed by atoms with Crippen molar-refractivity contribution in [2.45, 2.75) is 64.4 Å². The first-order chi connectivity index (χ1) is 9.16. The van der Waals surface area contributed by atoms with Crippen LogP contribution in [0.3, 0.4) is 0 Å². The molecule has 3 heteroatoms. The summed E-state index contributed by atoms with van der Waals surface area (Å²) in [5.74, 6) is 1.61. The van der Waals surface area contributed by atoms with Crippen LogP contribution in [0.4, 0.5) is 0 Å². The zero-order chi connectivity index (χ0) is 13.7. The molecule has 1 saturated carbocycles.